The number of benzene rings is 1. The number of fused-ring (bicyclic) bond motifs is 1. The number of nitrogens with zero attached hydrogens (tertiary/aromatic N) is 4. The van der Waals surface area contributed by atoms with Crippen molar-refractivity contribution in [1.82, 2.24) is 24.9 Å². The average Bonchev–Trinajstić information content (AvgIpc) is 2.99. The van der Waals surface area contributed by atoms with Crippen molar-refractivity contribution < 1.29 is 0 Å². The first-order valence-electron chi connectivity index (χ1n) is 6.79. The number of rotatable bonds is 2. The summed E-state index contributed by atoms with van der Waals surface area (Å²) in [6.07, 6.45) is 5.06. The lowest BCUT2D eigenvalue weighted by atomic mass is 10.1. The van der Waals surface area contributed by atoms with E-state index in [1.54, 1.807) is 12.3 Å². The molecule has 0 fully saturated rings. The van der Waals surface area contributed by atoms with Crippen LogP contribution in [-0.2, 0) is 0 Å². The van der Waals surface area contributed by atoms with Gasteiger partial charge >= 0.3 is 0 Å². The van der Waals surface area contributed by atoms with Gasteiger partial charge in [-0.25, -0.2) is 19.9 Å². The Morgan fingerprint density at radius 3 is 2.77 bits per heavy atom. The first-order valence-corrected chi connectivity index (χ1v) is 6.79. The zero-order chi connectivity index (χ0) is 14.9. The molecule has 0 aliphatic heterocycles. The van der Waals surface area contributed by atoms with Crippen molar-refractivity contribution in [3.05, 3.63) is 55.1 Å². The summed E-state index contributed by atoms with van der Waals surface area (Å²) in [5.41, 5.74) is 9.32. The van der Waals surface area contributed by atoms with E-state index in [9.17, 15) is 0 Å². The van der Waals surface area contributed by atoms with E-state index in [1.807, 2.05) is 36.5 Å². The standard InChI is InChI=1S/C16H12N6/c17-14-6-13(10-4-2-1-3-5-10)21-16(22-14)12-8-19-15-11(12)7-18-9-20-15/h1-9H,(H2,17,21,22)(H,18,19,20). The number of hydrogen-bond donors (Lipinski definition) is 2. The molecule has 22 heavy (non-hydrogen) atoms. The van der Waals surface area contributed by atoms with Gasteiger partial charge in [0.15, 0.2) is 5.82 Å². The average molecular weight is 288 g/mol. The number of nitrogens with two attached hydrogens (primary N) is 1. The molecule has 0 unspecified atom stereocenters. The Balaban J connectivity index is 1.91. The molecule has 0 aliphatic carbocycles. The highest BCUT2D eigenvalue weighted by atomic mass is 15.0. The van der Waals surface area contributed by atoms with E-state index in [0.717, 1.165) is 27.9 Å². The van der Waals surface area contributed by atoms with Gasteiger partial charge in [0.1, 0.15) is 17.8 Å². The number of nitrogen functional groups attached to an aromatic ring is 1. The molecule has 0 bridgehead atoms. The van der Waals surface area contributed by atoms with Gasteiger partial charge in [-0.05, 0) is 0 Å². The molecule has 0 saturated heterocycles. The van der Waals surface area contributed by atoms with Crippen LogP contribution in [0.1, 0.15) is 0 Å². The van der Waals surface area contributed by atoms with E-state index in [-0.39, 0.29) is 0 Å². The molecule has 3 heterocycles. The van der Waals surface area contributed by atoms with Crippen LogP contribution in [0.4, 0.5) is 5.82 Å². The Bertz CT molecular complexity index is 945. The summed E-state index contributed by atoms with van der Waals surface area (Å²) < 4.78 is 0. The summed E-state index contributed by atoms with van der Waals surface area (Å²) in [4.78, 5) is 20.3. The third kappa shape index (κ3) is 2.07. The predicted molar refractivity (Wildman–Crippen MR) is 84.8 cm³/mol. The molecule has 6 heteroatoms. The highest BCUT2D eigenvalue weighted by Gasteiger charge is 2.12. The molecule has 106 valence electrons. The van der Waals surface area contributed by atoms with Crippen LogP contribution in [0.25, 0.3) is 33.7 Å². The molecule has 0 atom stereocenters. The van der Waals surface area contributed by atoms with Gasteiger partial charge in [0.2, 0.25) is 0 Å². The van der Waals surface area contributed by atoms with E-state index in [1.165, 1.54) is 6.33 Å². The molecule has 0 amide bonds. The number of H-pyrrole nitrogens is 1. The minimum Gasteiger partial charge on any atom is -0.384 e. The zero-order valence-corrected chi connectivity index (χ0v) is 11.6. The second kappa shape index (κ2) is 4.92. The normalized spacial score (nSPS) is 10.9. The van der Waals surface area contributed by atoms with Crippen molar-refractivity contribution in [2.45, 2.75) is 0 Å². The van der Waals surface area contributed by atoms with Crippen molar-refractivity contribution in [3.63, 3.8) is 0 Å². The van der Waals surface area contributed by atoms with Crippen LogP contribution in [-0.4, -0.2) is 24.9 Å². The monoisotopic (exact) mass is 288 g/mol. The lowest BCUT2D eigenvalue weighted by Gasteiger charge is -2.05. The molecule has 4 rings (SSSR count). The maximum absolute atomic E-state index is 5.95. The van der Waals surface area contributed by atoms with Crippen LogP contribution in [0.5, 0.6) is 0 Å². The van der Waals surface area contributed by atoms with Gasteiger partial charge in [0.25, 0.3) is 0 Å². The number of nitrogens with one attached hydrogen (secondary N) is 1. The first-order chi connectivity index (χ1) is 10.8. The van der Waals surface area contributed by atoms with Gasteiger partial charge in [-0.2, -0.15) is 0 Å². The number of anilines is 1. The Hall–Kier alpha value is -3.28. The fourth-order valence-corrected chi connectivity index (χ4v) is 2.39. The highest BCUT2D eigenvalue weighted by molar-refractivity contribution is 5.91. The zero-order valence-electron chi connectivity index (χ0n) is 11.6. The summed E-state index contributed by atoms with van der Waals surface area (Å²) in [6, 6.07) is 11.6. The SMILES string of the molecule is Nc1cc(-c2ccccc2)nc(-c2c[nH]c3ncncc23)n1. The summed E-state index contributed by atoms with van der Waals surface area (Å²) in [5, 5.41) is 0.868. The van der Waals surface area contributed by atoms with Crippen molar-refractivity contribution in [1.29, 1.82) is 0 Å². The second-order valence-electron chi connectivity index (χ2n) is 4.86. The molecule has 4 aromatic rings. The maximum Gasteiger partial charge on any atom is 0.164 e. The molecule has 0 radical (unpaired) electrons. The minimum absolute atomic E-state index is 0.426. The molecular weight excluding hydrogens is 276 g/mol. The third-order valence-electron chi connectivity index (χ3n) is 3.41. The smallest absolute Gasteiger partial charge is 0.164 e. The highest BCUT2D eigenvalue weighted by Crippen LogP contribution is 2.27. The Labute approximate surface area is 126 Å². The molecule has 0 aliphatic rings. The van der Waals surface area contributed by atoms with Crippen molar-refractivity contribution in [3.8, 4) is 22.6 Å². The third-order valence-corrected chi connectivity index (χ3v) is 3.41. The maximum atomic E-state index is 5.95. The molecule has 1 aromatic carbocycles. The number of hydrogen-bond acceptors (Lipinski definition) is 5. The quantitative estimate of drug-likeness (QED) is 0.591. The Morgan fingerprint density at radius 1 is 1.05 bits per heavy atom. The number of aromatic nitrogens is 5. The Morgan fingerprint density at radius 2 is 1.91 bits per heavy atom. The van der Waals surface area contributed by atoms with Gasteiger partial charge < -0.3 is 10.7 Å². The van der Waals surface area contributed by atoms with Gasteiger partial charge in [-0.15, -0.1) is 0 Å². The van der Waals surface area contributed by atoms with Crippen LogP contribution < -0.4 is 5.73 Å². The van der Waals surface area contributed by atoms with Crippen molar-refractivity contribution in [2.24, 2.45) is 0 Å². The minimum atomic E-state index is 0.426. The van der Waals surface area contributed by atoms with E-state index < -0.39 is 0 Å². The summed E-state index contributed by atoms with van der Waals surface area (Å²) in [6.45, 7) is 0. The van der Waals surface area contributed by atoms with E-state index in [4.69, 9.17) is 5.73 Å². The fraction of sp³-hybridized carbons (Fsp3) is 0. The van der Waals surface area contributed by atoms with Crippen LogP contribution in [0.15, 0.2) is 55.1 Å². The van der Waals surface area contributed by atoms with Crippen molar-refractivity contribution in [2.75, 3.05) is 5.73 Å². The predicted octanol–water partition coefficient (Wildman–Crippen LogP) is 2.66. The van der Waals surface area contributed by atoms with E-state index in [2.05, 4.69) is 24.9 Å². The molecular formula is C16H12N6. The summed E-state index contributed by atoms with van der Waals surface area (Å²) in [5.74, 6) is 0.981. The first kappa shape index (κ1) is 12.5. The molecule has 3 N–H and O–H groups in total. The molecule has 0 spiro atoms. The fourth-order valence-electron chi connectivity index (χ4n) is 2.39. The van der Waals surface area contributed by atoms with E-state index >= 15 is 0 Å². The lowest BCUT2D eigenvalue weighted by Crippen LogP contribution is -1.97. The Kier molecular flexibility index (Phi) is 2.79. The lowest BCUT2D eigenvalue weighted by molar-refractivity contribution is 1.19. The second-order valence-corrected chi connectivity index (χ2v) is 4.86. The topological polar surface area (TPSA) is 93.4 Å². The van der Waals surface area contributed by atoms with Crippen LogP contribution >= 0.6 is 0 Å². The van der Waals surface area contributed by atoms with Crippen LogP contribution in [0, 0.1) is 0 Å². The van der Waals surface area contributed by atoms with E-state index in [0.29, 0.717) is 11.6 Å². The van der Waals surface area contributed by atoms with Gasteiger partial charge in [-0.3, -0.25) is 0 Å². The van der Waals surface area contributed by atoms with Crippen LogP contribution in [0.3, 0.4) is 0 Å². The molecule has 6 nitrogen and oxygen atoms in total. The van der Waals surface area contributed by atoms with Gasteiger partial charge in [-0.1, -0.05) is 30.3 Å². The molecule has 3 aromatic heterocycles. The van der Waals surface area contributed by atoms with Crippen LogP contribution in [0.2, 0.25) is 0 Å². The van der Waals surface area contributed by atoms with Crippen molar-refractivity contribution >= 4 is 16.9 Å². The summed E-state index contributed by atoms with van der Waals surface area (Å²) in [7, 11) is 0. The summed E-state index contributed by atoms with van der Waals surface area (Å²) >= 11 is 0. The van der Waals surface area contributed by atoms with Gasteiger partial charge in [0, 0.05) is 35.0 Å². The largest absolute Gasteiger partial charge is 0.384 e. The van der Waals surface area contributed by atoms with Gasteiger partial charge in [0.05, 0.1) is 5.69 Å². The molecule has 0 saturated carbocycles. The number of aromatic amines is 1.